The maximum atomic E-state index is 13.9. The Bertz CT molecular complexity index is 919. The Morgan fingerprint density at radius 2 is 1.76 bits per heavy atom. The van der Waals surface area contributed by atoms with Crippen LogP contribution >= 0.6 is 0 Å². The molecule has 0 saturated heterocycles. The van der Waals surface area contributed by atoms with Gasteiger partial charge in [0, 0.05) is 24.7 Å². The van der Waals surface area contributed by atoms with Crippen molar-refractivity contribution in [1.29, 1.82) is 0 Å². The minimum Gasteiger partial charge on any atom is -0.345 e. The topological polar surface area (TPSA) is 22.0 Å². The number of carbonyl (C=O) groups is 1. The van der Waals surface area contributed by atoms with Gasteiger partial charge in [-0.3, -0.25) is 4.79 Å². The third kappa shape index (κ3) is 3.14. The summed E-state index contributed by atoms with van der Waals surface area (Å²) in [7, 11) is 1.86. The maximum absolute atomic E-state index is 13.9. The van der Waals surface area contributed by atoms with Crippen LogP contribution in [0.1, 0.15) is 51.6 Å². The van der Waals surface area contributed by atoms with Crippen LogP contribution in [0.15, 0.2) is 60.7 Å². The predicted octanol–water partition coefficient (Wildman–Crippen LogP) is 4.86. The van der Waals surface area contributed by atoms with Crippen molar-refractivity contribution in [2.75, 3.05) is 0 Å². The SMILES string of the molecule is Cn1c(Cc2ccccc2F)ccc1C(=O)c1ccc(C2CC2)cc1. The van der Waals surface area contributed by atoms with E-state index in [2.05, 4.69) is 12.1 Å². The van der Waals surface area contributed by atoms with E-state index in [1.54, 1.807) is 12.1 Å². The van der Waals surface area contributed by atoms with Crippen LogP contribution in [0, 0.1) is 5.82 Å². The lowest BCUT2D eigenvalue weighted by Crippen LogP contribution is -2.10. The number of ketones is 1. The number of halogens is 1. The van der Waals surface area contributed by atoms with E-state index in [1.807, 2.05) is 41.9 Å². The van der Waals surface area contributed by atoms with Gasteiger partial charge in [-0.2, -0.15) is 0 Å². The molecule has 1 aliphatic carbocycles. The molecular weight excluding hydrogens is 313 g/mol. The molecule has 1 heterocycles. The van der Waals surface area contributed by atoms with Gasteiger partial charge >= 0.3 is 0 Å². The second-order valence-electron chi connectivity index (χ2n) is 6.76. The third-order valence-corrected chi connectivity index (χ3v) is 5.01. The lowest BCUT2D eigenvalue weighted by molar-refractivity contribution is 0.103. The van der Waals surface area contributed by atoms with Crippen molar-refractivity contribution in [2.45, 2.75) is 25.2 Å². The number of nitrogens with zero attached hydrogens (tertiary/aromatic N) is 1. The first-order valence-corrected chi connectivity index (χ1v) is 8.66. The Hall–Kier alpha value is -2.68. The summed E-state index contributed by atoms with van der Waals surface area (Å²) in [6.45, 7) is 0. The number of hydrogen-bond acceptors (Lipinski definition) is 1. The first-order valence-electron chi connectivity index (χ1n) is 8.66. The van der Waals surface area contributed by atoms with E-state index in [0.717, 1.165) is 5.69 Å². The number of benzene rings is 2. The third-order valence-electron chi connectivity index (χ3n) is 5.01. The molecule has 126 valence electrons. The zero-order chi connectivity index (χ0) is 17.4. The summed E-state index contributed by atoms with van der Waals surface area (Å²) in [5.74, 6) is 0.475. The Balaban J connectivity index is 1.57. The van der Waals surface area contributed by atoms with Gasteiger partial charge in [0.15, 0.2) is 0 Å². The van der Waals surface area contributed by atoms with Gasteiger partial charge in [-0.05, 0) is 48.1 Å². The van der Waals surface area contributed by atoms with Crippen molar-refractivity contribution in [3.05, 3.63) is 94.6 Å². The Kier molecular flexibility index (Phi) is 4.00. The van der Waals surface area contributed by atoms with Crippen molar-refractivity contribution >= 4 is 5.78 Å². The quantitative estimate of drug-likeness (QED) is 0.611. The van der Waals surface area contributed by atoms with Crippen LogP contribution in [0.25, 0.3) is 0 Å². The fourth-order valence-electron chi connectivity index (χ4n) is 3.27. The van der Waals surface area contributed by atoms with Crippen LogP contribution in [0.5, 0.6) is 0 Å². The molecule has 1 fully saturated rings. The van der Waals surface area contributed by atoms with Crippen LogP contribution in [-0.2, 0) is 13.5 Å². The Labute approximate surface area is 146 Å². The van der Waals surface area contributed by atoms with E-state index in [0.29, 0.717) is 29.2 Å². The highest BCUT2D eigenvalue weighted by Gasteiger charge is 2.23. The number of carbonyl (C=O) groups excluding carboxylic acids is 1. The van der Waals surface area contributed by atoms with E-state index in [-0.39, 0.29) is 11.6 Å². The van der Waals surface area contributed by atoms with Crippen molar-refractivity contribution in [3.63, 3.8) is 0 Å². The van der Waals surface area contributed by atoms with E-state index >= 15 is 0 Å². The average molecular weight is 333 g/mol. The van der Waals surface area contributed by atoms with Crippen LogP contribution in [0.4, 0.5) is 4.39 Å². The molecule has 4 rings (SSSR count). The zero-order valence-corrected chi connectivity index (χ0v) is 14.2. The van der Waals surface area contributed by atoms with Gasteiger partial charge in [0.25, 0.3) is 0 Å². The molecule has 3 heteroatoms. The highest BCUT2D eigenvalue weighted by atomic mass is 19.1. The molecule has 1 aromatic heterocycles. The highest BCUT2D eigenvalue weighted by Crippen LogP contribution is 2.39. The van der Waals surface area contributed by atoms with Crippen molar-refractivity contribution < 1.29 is 9.18 Å². The normalized spacial score (nSPS) is 13.8. The summed E-state index contributed by atoms with van der Waals surface area (Å²) < 4.78 is 15.7. The summed E-state index contributed by atoms with van der Waals surface area (Å²) >= 11 is 0. The molecule has 25 heavy (non-hydrogen) atoms. The van der Waals surface area contributed by atoms with Crippen molar-refractivity contribution in [1.82, 2.24) is 4.57 Å². The second kappa shape index (κ2) is 6.32. The molecule has 0 unspecified atom stereocenters. The molecule has 2 aromatic carbocycles. The Morgan fingerprint density at radius 3 is 2.44 bits per heavy atom. The first kappa shape index (κ1) is 15.8. The standard InChI is InChI=1S/C22H20FNO/c1-24-19(14-18-4-2-3-5-20(18)23)12-13-21(24)22(25)17-10-8-16(9-11-17)15-6-7-15/h2-5,8-13,15H,6-7,14H2,1H3. The maximum Gasteiger partial charge on any atom is 0.209 e. The second-order valence-corrected chi connectivity index (χ2v) is 6.76. The largest absolute Gasteiger partial charge is 0.345 e. The van der Waals surface area contributed by atoms with Gasteiger partial charge in [-0.1, -0.05) is 42.5 Å². The van der Waals surface area contributed by atoms with Gasteiger partial charge in [-0.25, -0.2) is 4.39 Å². The molecule has 0 bridgehead atoms. The van der Waals surface area contributed by atoms with Gasteiger partial charge in [0.2, 0.25) is 5.78 Å². The van der Waals surface area contributed by atoms with E-state index < -0.39 is 0 Å². The van der Waals surface area contributed by atoms with Crippen molar-refractivity contribution in [3.8, 4) is 0 Å². The molecule has 0 N–H and O–H groups in total. The molecule has 1 saturated carbocycles. The summed E-state index contributed by atoms with van der Waals surface area (Å²) in [6, 6.07) is 18.4. The minimum absolute atomic E-state index is 0.00429. The van der Waals surface area contributed by atoms with Crippen molar-refractivity contribution in [2.24, 2.45) is 7.05 Å². The van der Waals surface area contributed by atoms with Gasteiger partial charge < -0.3 is 4.57 Å². The number of hydrogen-bond donors (Lipinski definition) is 0. The van der Waals surface area contributed by atoms with E-state index in [9.17, 15) is 9.18 Å². The molecule has 0 atom stereocenters. The molecule has 0 spiro atoms. The lowest BCUT2D eigenvalue weighted by Gasteiger charge is -2.09. The van der Waals surface area contributed by atoms with Crippen LogP contribution in [-0.4, -0.2) is 10.4 Å². The van der Waals surface area contributed by atoms with Crippen LogP contribution in [0.2, 0.25) is 0 Å². The van der Waals surface area contributed by atoms with E-state index in [1.165, 1.54) is 24.5 Å². The Morgan fingerprint density at radius 1 is 1.04 bits per heavy atom. The number of rotatable bonds is 5. The zero-order valence-electron chi connectivity index (χ0n) is 14.2. The molecule has 0 amide bonds. The summed E-state index contributed by atoms with van der Waals surface area (Å²) in [6.07, 6.45) is 2.98. The summed E-state index contributed by atoms with van der Waals surface area (Å²) in [4.78, 5) is 12.8. The summed E-state index contributed by atoms with van der Waals surface area (Å²) in [5, 5.41) is 0. The van der Waals surface area contributed by atoms with Crippen LogP contribution in [0.3, 0.4) is 0 Å². The monoisotopic (exact) mass is 333 g/mol. The summed E-state index contributed by atoms with van der Waals surface area (Å²) in [5.41, 5.74) is 4.21. The molecule has 1 aliphatic rings. The molecule has 0 radical (unpaired) electrons. The van der Waals surface area contributed by atoms with Crippen LogP contribution < -0.4 is 0 Å². The fourth-order valence-corrected chi connectivity index (χ4v) is 3.27. The molecule has 0 aliphatic heterocycles. The molecule has 3 aromatic rings. The van der Waals surface area contributed by atoms with Gasteiger partial charge in [0.1, 0.15) is 5.82 Å². The molecule has 2 nitrogen and oxygen atoms in total. The van der Waals surface area contributed by atoms with E-state index in [4.69, 9.17) is 0 Å². The van der Waals surface area contributed by atoms with Gasteiger partial charge in [-0.15, -0.1) is 0 Å². The fraction of sp³-hybridized carbons (Fsp3) is 0.227. The lowest BCUT2D eigenvalue weighted by atomic mass is 10.0. The highest BCUT2D eigenvalue weighted by molar-refractivity contribution is 6.08. The predicted molar refractivity (Wildman–Crippen MR) is 96.5 cm³/mol. The van der Waals surface area contributed by atoms with Gasteiger partial charge in [0.05, 0.1) is 5.69 Å². The molecular formula is C22H20FNO. The number of aromatic nitrogens is 1. The minimum atomic E-state index is -0.216. The smallest absolute Gasteiger partial charge is 0.209 e. The first-order chi connectivity index (χ1) is 12.1. The average Bonchev–Trinajstić information content (AvgIpc) is 3.42.